The number of benzene rings is 2. The van der Waals surface area contributed by atoms with Gasteiger partial charge in [0.15, 0.2) is 5.96 Å². The molecule has 0 saturated heterocycles. The first-order chi connectivity index (χ1) is 18.6. The van der Waals surface area contributed by atoms with Crippen molar-refractivity contribution in [1.82, 2.24) is 10.2 Å². The monoisotopic (exact) mass is 532 g/mol. The highest BCUT2D eigenvalue weighted by Crippen LogP contribution is 2.41. The Balaban J connectivity index is 1.57. The molecule has 6 bridgehead atoms. The number of nitrogens with one attached hydrogen (secondary N) is 1. The molecule has 0 fully saturated rings. The molecule has 0 radical (unpaired) electrons. The fourth-order valence-corrected chi connectivity index (χ4v) is 6.07. The minimum atomic E-state index is -0.478. The van der Waals surface area contributed by atoms with Crippen molar-refractivity contribution in [3.63, 3.8) is 0 Å². The van der Waals surface area contributed by atoms with Crippen molar-refractivity contribution in [2.24, 2.45) is 10.7 Å². The zero-order chi connectivity index (χ0) is 27.8. The van der Waals surface area contributed by atoms with Gasteiger partial charge >= 0.3 is 0 Å². The number of aliphatic imine (C=N–C) groups is 1. The second-order valence-corrected chi connectivity index (χ2v) is 11.6. The first kappa shape index (κ1) is 27.0. The van der Waals surface area contributed by atoms with Crippen molar-refractivity contribution in [3.05, 3.63) is 58.7 Å². The number of carbonyl (C=O) groups excluding carboxylic acids is 2. The van der Waals surface area contributed by atoms with Crippen molar-refractivity contribution >= 4 is 17.8 Å². The van der Waals surface area contributed by atoms with E-state index in [4.69, 9.17) is 20.2 Å². The molecule has 0 spiro atoms. The van der Waals surface area contributed by atoms with E-state index in [1.54, 1.807) is 18.2 Å². The predicted octanol–water partition coefficient (Wildman–Crippen LogP) is 5.04. The summed E-state index contributed by atoms with van der Waals surface area (Å²) in [6.45, 7) is 8.74. The molecule has 4 aliphatic heterocycles. The van der Waals surface area contributed by atoms with Crippen molar-refractivity contribution in [2.45, 2.75) is 96.4 Å². The second kappa shape index (κ2) is 10.5. The Labute approximate surface area is 230 Å². The fourth-order valence-electron chi connectivity index (χ4n) is 6.07. The van der Waals surface area contributed by atoms with Gasteiger partial charge in [-0.3, -0.25) is 14.5 Å². The number of hydrogen-bond acceptors (Lipinski definition) is 6. The summed E-state index contributed by atoms with van der Waals surface area (Å²) in [5.74, 6) is 1.44. The van der Waals surface area contributed by atoms with Crippen LogP contribution in [0.1, 0.15) is 99.3 Å². The Bertz CT molecular complexity index is 1300. The number of nitrogens with zero attached hydrogens (tertiary/aromatic N) is 2. The van der Waals surface area contributed by atoms with E-state index >= 15 is 0 Å². The van der Waals surface area contributed by atoms with Gasteiger partial charge in [0.05, 0.1) is 31.2 Å². The predicted molar refractivity (Wildman–Crippen MR) is 151 cm³/mol. The van der Waals surface area contributed by atoms with Crippen LogP contribution in [0.2, 0.25) is 0 Å². The van der Waals surface area contributed by atoms with Gasteiger partial charge < -0.3 is 20.5 Å². The van der Waals surface area contributed by atoms with E-state index in [9.17, 15) is 9.59 Å². The van der Waals surface area contributed by atoms with Crippen LogP contribution in [0.5, 0.6) is 11.5 Å². The fraction of sp³-hybridized carbons (Fsp3) is 0.516. The van der Waals surface area contributed by atoms with E-state index in [0.29, 0.717) is 30.8 Å². The summed E-state index contributed by atoms with van der Waals surface area (Å²) >= 11 is 0. The Morgan fingerprint density at radius 1 is 1.15 bits per heavy atom. The third-order valence-electron chi connectivity index (χ3n) is 8.21. The molecule has 8 nitrogen and oxygen atoms in total. The highest BCUT2D eigenvalue weighted by Gasteiger charge is 2.39. The summed E-state index contributed by atoms with van der Waals surface area (Å²) in [4.78, 5) is 33.4. The number of amides is 2. The van der Waals surface area contributed by atoms with Crippen LogP contribution in [0, 0.1) is 0 Å². The number of rotatable bonds is 3. The molecule has 4 aliphatic rings. The molecule has 39 heavy (non-hydrogen) atoms. The Hall–Kier alpha value is -3.55. The van der Waals surface area contributed by atoms with Gasteiger partial charge in [0.25, 0.3) is 5.91 Å². The minimum Gasteiger partial charge on any atom is -0.494 e. The van der Waals surface area contributed by atoms with Crippen molar-refractivity contribution in [2.75, 3.05) is 6.61 Å². The number of fused-ring (bicyclic) bond motifs is 5. The van der Waals surface area contributed by atoms with E-state index in [1.165, 1.54) is 10.5 Å². The summed E-state index contributed by atoms with van der Waals surface area (Å²) in [5, 5.41) is 3.26. The number of nitrogens with two attached hydrogens (primary N) is 1. The molecule has 2 unspecified atom stereocenters. The first-order valence-corrected chi connectivity index (χ1v) is 14.2. The molecule has 0 aromatic heterocycles. The lowest BCUT2D eigenvalue weighted by molar-refractivity contribution is -0.130. The zero-order valence-corrected chi connectivity index (χ0v) is 23.5. The Morgan fingerprint density at radius 3 is 2.72 bits per heavy atom. The number of carbonyl (C=O) groups is 2. The highest BCUT2D eigenvalue weighted by molar-refractivity contribution is 5.99. The average molecular weight is 533 g/mol. The maximum atomic E-state index is 13.6. The topological polar surface area (TPSA) is 106 Å². The Kier molecular flexibility index (Phi) is 7.31. The summed E-state index contributed by atoms with van der Waals surface area (Å²) in [7, 11) is 0. The van der Waals surface area contributed by atoms with E-state index in [-0.39, 0.29) is 30.4 Å². The van der Waals surface area contributed by atoms with Gasteiger partial charge in [0.2, 0.25) is 5.91 Å². The molecular weight excluding hydrogens is 492 g/mol. The van der Waals surface area contributed by atoms with Crippen molar-refractivity contribution < 1.29 is 19.1 Å². The summed E-state index contributed by atoms with van der Waals surface area (Å²) < 4.78 is 12.1. The van der Waals surface area contributed by atoms with Crippen LogP contribution >= 0.6 is 0 Å². The first-order valence-electron chi connectivity index (χ1n) is 14.2. The lowest BCUT2D eigenvalue weighted by atomic mass is 9.84. The molecule has 6 rings (SSSR count). The molecular formula is C31H40N4O4. The van der Waals surface area contributed by atoms with E-state index in [2.05, 4.69) is 24.4 Å². The number of aryl methyl sites for hydroxylation is 1. The van der Waals surface area contributed by atoms with Gasteiger partial charge in [-0.25, -0.2) is 4.99 Å². The molecule has 2 aromatic rings. The molecule has 2 aromatic carbocycles. The van der Waals surface area contributed by atoms with Gasteiger partial charge in [0, 0.05) is 23.1 Å². The maximum absolute atomic E-state index is 13.6. The standard InChI is InChI=1S/C31H40N4O4/c1-5-31-14-8-7-9-20-10-12-26-23(15-20)24(17-30(3,4)39-26)33-28(37)21-11-13-25(38-6-2)22(16-21)19-35(27(36)18-31)29(32)34-31/h10-13,15-16,24H,5-9,14,17-19H2,1-4H3,(H2,32,34)(H,33,37). The summed E-state index contributed by atoms with van der Waals surface area (Å²) in [6.07, 6.45) is 5.36. The summed E-state index contributed by atoms with van der Waals surface area (Å²) in [5.41, 5.74) is 8.98. The molecule has 8 heteroatoms. The quantitative estimate of drug-likeness (QED) is 0.576. The van der Waals surface area contributed by atoms with Gasteiger partial charge in [0.1, 0.15) is 17.1 Å². The average Bonchev–Trinajstić information content (AvgIpc) is 2.89. The Morgan fingerprint density at radius 2 is 1.97 bits per heavy atom. The van der Waals surface area contributed by atoms with Crippen LogP contribution in [0.25, 0.3) is 0 Å². The van der Waals surface area contributed by atoms with Crippen molar-refractivity contribution in [3.8, 4) is 11.5 Å². The molecule has 4 heterocycles. The third kappa shape index (κ3) is 5.60. The molecule has 0 saturated carbocycles. The molecule has 2 atom stereocenters. The van der Waals surface area contributed by atoms with E-state index in [0.717, 1.165) is 49.0 Å². The highest BCUT2D eigenvalue weighted by atomic mass is 16.5. The van der Waals surface area contributed by atoms with E-state index < -0.39 is 11.1 Å². The van der Waals surface area contributed by atoms with Crippen LogP contribution in [0.3, 0.4) is 0 Å². The van der Waals surface area contributed by atoms with E-state index in [1.807, 2.05) is 26.8 Å². The van der Waals surface area contributed by atoms with Gasteiger partial charge in [-0.2, -0.15) is 0 Å². The zero-order valence-electron chi connectivity index (χ0n) is 23.5. The van der Waals surface area contributed by atoms with Crippen LogP contribution < -0.4 is 20.5 Å². The SMILES string of the molecule is CCOc1ccc2cc1CN1C(=O)CC(CC)(CCCCc3ccc4c(c3)C(CC(C)(C)O4)NC2=O)N=C1N. The van der Waals surface area contributed by atoms with Gasteiger partial charge in [-0.15, -0.1) is 0 Å². The number of ether oxygens (including phenoxy) is 2. The van der Waals surface area contributed by atoms with Crippen molar-refractivity contribution in [1.29, 1.82) is 0 Å². The molecule has 208 valence electrons. The van der Waals surface area contributed by atoms with Crippen LogP contribution in [0.15, 0.2) is 41.4 Å². The number of guanidine groups is 1. The molecule has 3 N–H and O–H groups in total. The van der Waals surface area contributed by atoms with Crippen LogP contribution in [-0.2, 0) is 17.8 Å². The maximum Gasteiger partial charge on any atom is 0.251 e. The smallest absolute Gasteiger partial charge is 0.251 e. The van der Waals surface area contributed by atoms with Gasteiger partial charge in [-0.05, 0) is 76.3 Å². The lowest BCUT2D eigenvalue weighted by Crippen LogP contribution is -2.51. The van der Waals surface area contributed by atoms with Crippen LogP contribution in [0.4, 0.5) is 0 Å². The summed E-state index contributed by atoms with van der Waals surface area (Å²) in [6, 6.07) is 11.5. The molecule has 2 amide bonds. The third-order valence-corrected chi connectivity index (χ3v) is 8.21. The normalized spacial score (nSPS) is 24.7. The van der Waals surface area contributed by atoms with Crippen LogP contribution in [-0.4, -0.2) is 40.4 Å². The van der Waals surface area contributed by atoms with Gasteiger partial charge in [-0.1, -0.05) is 25.5 Å². The second-order valence-electron chi connectivity index (χ2n) is 11.6. The largest absolute Gasteiger partial charge is 0.494 e. The lowest BCUT2D eigenvalue weighted by Gasteiger charge is -2.38. The minimum absolute atomic E-state index is 0.0487. The number of hydrogen-bond donors (Lipinski definition) is 2. The molecule has 0 aliphatic carbocycles.